The second-order valence-electron chi connectivity index (χ2n) is 4.48. The molecule has 2 aromatic rings. The molecular weight excluding hydrogens is 235 g/mol. The summed E-state index contributed by atoms with van der Waals surface area (Å²) in [6.45, 7) is 3.07. The monoisotopic (exact) mass is 248 g/mol. The predicted octanol–water partition coefficient (Wildman–Crippen LogP) is 2.69. The maximum Gasteiger partial charge on any atom is 0.258 e. The normalized spacial score (nSPS) is 19.3. The van der Waals surface area contributed by atoms with Crippen LogP contribution in [0.3, 0.4) is 0 Å². The van der Waals surface area contributed by atoms with E-state index in [2.05, 4.69) is 10.1 Å². The summed E-state index contributed by atoms with van der Waals surface area (Å²) in [5, 5.41) is 3.94. The zero-order chi connectivity index (χ0) is 12.5. The molecule has 0 radical (unpaired) electrons. The molecule has 3 rings (SSSR count). The molecule has 1 saturated heterocycles. The molecule has 0 aliphatic carbocycles. The molecular formula is C13H13FN2O2. The summed E-state index contributed by atoms with van der Waals surface area (Å²) in [6.07, 6.45) is 0.904. The van der Waals surface area contributed by atoms with Crippen molar-refractivity contribution >= 4 is 0 Å². The van der Waals surface area contributed by atoms with E-state index < -0.39 is 0 Å². The van der Waals surface area contributed by atoms with E-state index in [1.807, 2.05) is 0 Å². The number of hydrogen-bond acceptors (Lipinski definition) is 4. The molecule has 1 aromatic heterocycles. The maximum atomic E-state index is 13.5. The first-order valence-corrected chi connectivity index (χ1v) is 5.92. The van der Waals surface area contributed by atoms with Crippen LogP contribution in [0.15, 0.2) is 22.7 Å². The molecule has 1 aliphatic heterocycles. The zero-order valence-corrected chi connectivity index (χ0v) is 10.0. The first-order chi connectivity index (χ1) is 8.74. The van der Waals surface area contributed by atoms with Crippen molar-refractivity contribution < 1.29 is 13.7 Å². The van der Waals surface area contributed by atoms with Crippen LogP contribution in [-0.2, 0) is 4.74 Å². The maximum absolute atomic E-state index is 13.5. The molecule has 2 heterocycles. The molecule has 94 valence electrons. The van der Waals surface area contributed by atoms with E-state index in [9.17, 15) is 4.39 Å². The second kappa shape index (κ2) is 4.49. The molecule has 1 aromatic carbocycles. The van der Waals surface area contributed by atoms with Crippen molar-refractivity contribution in [1.29, 1.82) is 0 Å². The first-order valence-electron chi connectivity index (χ1n) is 5.92. The number of rotatable bonds is 2. The third-order valence-corrected chi connectivity index (χ3v) is 3.16. The Morgan fingerprint density at radius 1 is 1.39 bits per heavy atom. The summed E-state index contributed by atoms with van der Waals surface area (Å²) < 4.78 is 23.9. The fourth-order valence-corrected chi connectivity index (χ4v) is 1.98. The molecule has 4 nitrogen and oxygen atoms in total. The van der Waals surface area contributed by atoms with E-state index in [0.717, 1.165) is 13.0 Å². The van der Waals surface area contributed by atoms with Crippen LogP contribution in [0.1, 0.15) is 23.7 Å². The van der Waals surface area contributed by atoms with Gasteiger partial charge in [0.15, 0.2) is 5.82 Å². The van der Waals surface area contributed by atoms with Crippen molar-refractivity contribution in [2.45, 2.75) is 19.3 Å². The van der Waals surface area contributed by atoms with E-state index >= 15 is 0 Å². The van der Waals surface area contributed by atoms with Gasteiger partial charge < -0.3 is 9.26 Å². The van der Waals surface area contributed by atoms with Gasteiger partial charge in [0.25, 0.3) is 5.89 Å². The first kappa shape index (κ1) is 11.3. The van der Waals surface area contributed by atoms with Crippen LogP contribution in [-0.4, -0.2) is 23.4 Å². The number of halogens is 1. The standard InChI is InChI=1S/C13H13FN2O2/c1-8-2-3-9(6-11(8)14)13-15-12(16-18-13)10-4-5-17-7-10/h2-3,6,10H,4-5,7H2,1H3/t10-/m1/s1. The molecule has 0 N–H and O–H groups in total. The van der Waals surface area contributed by atoms with E-state index in [-0.39, 0.29) is 11.7 Å². The van der Waals surface area contributed by atoms with Gasteiger partial charge in [0.1, 0.15) is 5.82 Å². The fourth-order valence-electron chi connectivity index (χ4n) is 1.98. The number of ether oxygens (including phenoxy) is 1. The van der Waals surface area contributed by atoms with Gasteiger partial charge in [0, 0.05) is 18.1 Å². The van der Waals surface area contributed by atoms with Crippen LogP contribution < -0.4 is 0 Å². The van der Waals surface area contributed by atoms with Crippen molar-refractivity contribution in [3.05, 3.63) is 35.4 Å². The minimum absolute atomic E-state index is 0.192. The average molecular weight is 248 g/mol. The SMILES string of the molecule is Cc1ccc(-c2nc([C@@H]3CCOC3)no2)cc1F. The minimum Gasteiger partial charge on any atom is -0.381 e. The molecule has 18 heavy (non-hydrogen) atoms. The molecule has 1 atom stereocenters. The number of hydrogen-bond donors (Lipinski definition) is 0. The Balaban J connectivity index is 1.89. The van der Waals surface area contributed by atoms with Gasteiger partial charge in [-0.2, -0.15) is 4.98 Å². The van der Waals surface area contributed by atoms with Crippen LogP contribution in [0.4, 0.5) is 4.39 Å². The van der Waals surface area contributed by atoms with Gasteiger partial charge in [0.05, 0.1) is 6.61 Å². The highest BCUT2D eigenvalue weighted by atomic mass is 19.1. The number of aromatic nitrogens is 2. The lowest BCUT2D eigenvalue weighted by Gasteiger charge is -1.99. The molecule has 0 spiro atoms. The summed E-state index contributed by atoms with van der Waals surface area (Å²) in [6, 6.07) is 4.89. The van der Waals surface area contributed by atoms with Gasteiger partial charge in [-0.25, -0.2) is 4.39 Å². The third kappa shape index (κ3) is 2.01. The summed E-state index contributed by atoms with van der Waals surface area (Å²) >= 11 is 0. The molecule has 1 aliphatic rings. The quantitative estimate of drug-likeness (QED) is 0.819. The van der Waals surface area contributed by atoms with Crippen molar-refractivity contribution in [1.82, 2.24) is 10.1 Å². The summed E-state index contributed by atoms with van der Waals surface area (Å²) in [5.41, 5.74) is 1.21. The highest BCUT2D eigenvalue weighted by Gasteiger charge is 2.23. The molecule has 0 amide bonds. The van der Waals surface area contributed by atoms with Gasteiger partial charge in [-0.3, -0.25) is 0 Å². The lowest BCUT2D eigenvalue weighted by atomic mass is 10.1. The fraction of sp³-hybridized carbons (Fsp3) is 0.385. The van der Waals surface area contributed by atoms with Crippen molar-refractivity contribution in [2.75, 3.05) is 13.2 Å². The topological polar surface area (TPSA) is 48.2 Å². The Bertz CT molecular complexity index is 562. The Kier molecular flexibility index (Phi) is 2.83. The average Bonchev–Trinajstić information content (AvgIpc) is 3.01. The lowest BCUT2D eigenvalue weighted by molar-refractivity contribution is 0.192. The van der Waals surface area contributed by atoms with Crippen LogP contribution in [0.5, 0.6) is 0 Å². The Morgan fingerprint density at radius 3 is 3.00 bits per heavy atom. The third-order valence-electron chi connectivity index (χ3n) is 3.16. The Hall–Kier alpha value is -1.75. The smallest absolute Gasteiger partial charge is 0.258 e. The summed E-state index contributed by atoms with van der Waals surface area (Å²) in [7, 11) is 0. The van der Waals surface area contributed by atoms with Crippen LogP contribution in [0, 0.1) is 12.7 Å². The summed E-state index contributed by atoms with van der Waals surface area (Å²) in [4.78, 5) is 4.31. The number of aryl methyl sites for hydroxylation is 1. The van der Waals surface area contributed by atoms with E-state index in [1.54, 1.807) is 19.1 Å². The van der Waals surface area contributed by atoms with Gasteiger partial charge >= 0.3 is 0 Å². The van der Waals surface area contributed by atoms with Crippen LogP contribution in [0.2, 0.25) is 0 Å². The largest absolute Gasteiger partial charge is 0.381 e. The van der Waals surface area contributed by atoms with Gasteiger partial charge in [0.2, 0.25) is 0 Å². The summed E-state index contributed by atoms with van der Waals surface area (Å²) in [5.74, 6) is 0.925. The van der Waals surface area contributed by atoms with Gasteiger partial charge in [-0.1, -0.05) is 11.2 Å². The molecule has 5 heteroatoms. The van der Waals surface area contributed by atoms with Crippen molar-refractivity contribution in [2.24, 2.45) is 0 Å². The zero-order valence-electron chi connectivity index (χ0n) is 10.0. The van der Waals surface area contributed by atoms with Crippen LogP contribution >= 0.6 is 0 Å². The number of benzene rings is 1. The molecule has 1 fully saturated rings. The molecule has 0 saturated carbocycles. The lowest BCUT2D eigenvalue weighted by Crippen LogP contribution is -1.99. The predicted molar refractivity (Wildman–Crippen MR) is 62.6 cm³/mol. The van der Waals surface area contributed by atoms with E-state index in [1.165, 1.54) is 6.07 Å². The minimum atomic E-state index is -0.267. The van der Waals surface area contributed by atoms with Crippen LogP contribution in [0.25, 0.3) is 11.5 Å². The van der Waals surface area contributed by atoms with E-state index in [4.69, 9.17) is 9.26 Å². The van der Waals surface area contributed by atoms with Gasteiger partial charge in [-0.15, -0.1) is 0 Å². The highest BCUT2D eigenvalue weighted by molar-refractivity contribution is 5.53. The van der Waals surface area contributed by atoms with Gasteiger partial charge in [-0.05, 0) is 31.0 Å². The van der Waals surface area contributed by atoms with E-state index in [0.29, 0.717) is 29.4 Å². The highest BCUT2D eigenvalue weighted by Crippen LogP contribution is 2.26. The van der Waals surface area contributed by atoms with Crippen molar-refractivity contribution in [3.8, 4) is 11.5 Å². The number of nitrogens with zero attached hydrogens (tertiary/aromatic N) is 2. The Labute approximate surface area is 104 Å². The van der Waals surface area contributed by atoms with Crippen molar-refractivity contribution in [3.63, 3.8) is 0 Å². The Morgan fingerprint density at radius 2 is 2.28 bits per heavy atom. The molecule has 0 bridgehead atoms. The molecule has 0 unspecified atom stereocenters. The second-order valence-corrected chi connectivity index (χ2v) is 4.48.